The Morgan fingerprint density at radius 2 is 1.92 bits per heavy atom. The number of benzene rings is 1. The minimum atomic E-state index is -4.66. The lowest BCUT2D eigenvalue weighted by Gasteiger charge is -2.34. The zero-order chi connectivity index (χ0) is 18.4. The predicted octanol–water partition coefficient (Wildman–Crippen LogP) is 3.27. The first-order valence-electron chi connectivity index (χ1n) is 7.32. The Kier molecular flexibility index (Phi) is 4.06. The van der Waals surface area contributed by atoms with Gasteiger partial charge in [-0.25, -0.2) is 8.42 Å². The molecule has 1 aromatic heterocycles. The van der Waals surface area contributed by atoms with E-state index in [1.54, 1.807) is 0 Å². The molecule has 2 heterocycles. The van der Waals surface area contributed by atoms with E-state index in [-0.39, 0.29) is 23.6 Å². The summed E-state index contributed by atoms with van der Waals surface area (Å²) >= 11 is 0. The van der Waals surface area contributed by atoms with Gasteiger partial charge in [0, 0.05) is 12.6 Å². The van der Waals surface area contributed by atoms with Gasteiger partial charge in [0.25, 0.3) is 10.0 Å². The number of halogens is 3. The van der Waals surface area contributed by atoms with E-state index in [0.717, 1.165) is 22.5 Å². The molecule has 0 radical (unpaired) electrons. The molecule has 1 aromatic carbocycles. The Hall–Kier alpha value is -2.42. The quantitative estimate of drug-likeness (QED) is 0.814. The van der Waals surface area contributed by atoms with Gasteiger partial charge in [-0.2, -0.15) is 13.2 Å². The van der Waals surface area contributed by atoms with Gasteiger partial charge in [-0.05, 0) is 37.3 Å². The van der Waals surface area contributed by atoms with Gasteiger partial charge in [0.05, 0.1) is 22.2 Å². The van der Waals surface area contributed by atoms with E-state index < -0.39 is 32.7 Å². The first kappa shape index (κ1) is 17.4. The maximum absolute atomic E-state index is 13.0. The first-order valence-corrected chi connectivity index (χ1v) is 8.76. The molecule has 9 heteroatoms. The minimum absolute atomic E-state index is 0.00356. The number of carbonyl (C=O) groups is 1. The first-order chi connectivity index (χ1) is 11.6. The second kappa shape index (κ2) is 5.83. The Balaban J connectivity index is 2.15. The molecule has 132 valence electrons. The van der Waals surface area contributed by atoms with Crippen LogP contribution in [0.2, 0.25) is 0 Å². The van der Waals surface area contributed by atoms with Crippen molar-refractivity contribution in [3.63, 3.8) is 0 Å². The minimum Gasteiger partial charge on any atom is -0.292 e. The second-order valence-electron chi connectivity index (χ2n) is 5.67. The molecule has 25 heavy (non-hydrogen) atoms. The summed E-state index contributed by atoms with van der Waals surface area (Å²) < 4.78 is 65.6. The van der Waals surface area contributed by atoms with Gasteiger partial charge in [-0.1, -0.05) is 6.07 Å². The summed E-state index contributed by atoms with van der Waals surface area (Å²) in [6.45, 7) is 1.53. The van der Waals surface area contributed by atoms with Crippen LogP contribution in [0.3, 0.4) is 0 Å². The standard InChI is InChI=1S/C16H13F3N2O3S/c1-10-8-14(22)15-13(6-3-7-20-15)21(10)25(23,24)12-5-2-4-11(9-12)16(17,18)19/h2-7,9-10H,8H2,1H3. The van der Waals surface area contributed by atoms with Crippen LogP contribution in [-0.2, 0) is 16.2 Å². The largest absolute Gasteiger partial charge is 0.416 e. The fraction of sp³-hybridized carbons (Fsp3) is 0.250. The highest BCUT2D eigenvalue weighted by atomic mass is 32.2. The summed E-state index contributed by atoms with van der Waals surface area (Å²) in [5.41, 5.74) is -0.986. The van der Waals surface area contributed by atoms with Gasteiger partial charge in [-0.3, -0.25) is 14.1 Å². The number of hydrogen-bond donors (Lipinski definition) is 0. The number of pyridine rings is 1. The fourth-order valence-electron chi connectivity index (χ4n) is 2.79. The van der Waals surface area contributed by atoms with Crippen molar-refractivity contribution in [2.45, 2.75) is 30.5 Å². The molecule has 2 aromatic rings. The monoisotopic (exact) mass is 370 g/mol. The molecule has 1 unspecified atom stereocenters. The van der Waals surface area contributed by atoms with E-state index >= 15 is 0 Å². The summed E-state index contributed by atoms with van der Waals surface area (Å²) in [6, 6.07) is 5.69. The number of anilines is 1. The van der Waals surface area contributed by atoms with Crippen LogP contribution in [-0.4, -0.2) is 25.2 Å². The summed E-state index contributed by atoms with van der Waals surface area (Å²) in [5.74, 6) is -0.307. The number of aromatic nitrogens is 1. The van der Waals surface area contributed by atoms with Crippen LogP contribution >= 0.6 is 0 Å². The molecule has 0 aliphatic carbocycles. The number of carbonyl (C=O) groups excluding carboxylic acids is 1. The smallest absolute Gasteiger partial charge is 0.292 e. The normalized spacial score (nSPS) is 18.2. The molecular formula is C16H13F3N2O3S. The summed E-state index contributed by atoms with van der Waals surface area (Å²) in [4.78, 5) is 15.5. The van der Waals surface area contributed by atoms with Gasteiger partial charge in [0.2, 0.25) is 0 Å². The molecule has 1 aliphatic rings. The van der Waals surface area contributed by atoms with Crippen LogP contribution in [0.15, 0.2) is 47.5 Å². The molecule has 0 amide bonds. The van der Waals surface area contributed by atoms with Crippen LogP contribution in [0.1, 0.15) is 29.4 Å². The van der Waals surface area contributed by atoms with E-state index in [1.807, 2.05) is 0 Å². The van der Waals surface area contributed by atoms with E-state index in [2.05, 4.69) is 4.98 Å². The summed E-state index contributed by atoms with van der Waals surface area (Å²) in [6.07, 6.45) is -3.39. The molecule has 0 spiro atoms. The maximum atomic E-state index is 13.0. The van der Waals surface area contributed by atoms with E-state index in [1.165, 1.54) is 25.3 Å². The maximum Gasteiger partial charge on any atom is 0.416 e. The molecule has 0 saturated carbocycles. The Morgan fingerprint density at radius 1 is 1.20 bits per heavy atom. The van der Waals surface area contributed by atoms with Crippen LogP contribution in [0.4, 0.5) is 18.9 Å². The Labute approximate surface area is 142 Å². The Morgan fingerprint density at radius 3 is 2.60 bits per heavy atom. The number of hydrogen-bond acceptors (Lipinski definition) is 4. The van der Waals surface area contributed by atoms with Crippen molar-refractivity contribution in [2.75, 3.05) is 4.31 Å². The second-order valence-corrected chi connectivity index (χ2v) is 7.49. The number of rotatable bonds is 2. The number of Topliss-reactive ketones (excluding diaryl/α,β-unsaturated/α-hetero) is 1. The lowest BCUT2D eigenvalue weighted by atomic mass is 10.0. The summed E-state index contributed by atoms with van der Waals surface area (Å²) in [7, 11) is -4.29. The number of alkyl halides is 3. The molecule has 0 N–H and O–H groups in total. The number of ketones is 1. The van der Waals surface area contributed by atoms with Crippen LogP contribution in [0, 0.1) is 0 Å². The molecule has 1 aliphatic heterocycles. The highest BCUT2D eigenvalue weighted by Gasteiger charge is 2.39. The molecule has 3 rings (SSSR count). The summed E-state index contributed by atoms with van der Waals surface area (Å²) in [5, 5.41) is 0. The van der Waals surface area contributed by atoms with Crippen molar-refractivity contribution < 1.29 is 26.4 Å². The average Bonchev–Trinajstić information content (AvgIpc) is 2.54. The highest BCUT2D eigenvalue weighted by Crippen LogP contribution is 2.36. The predicted molar refractivity (Wildman–Crippen MR) is 83.8 cm³/mol. The van der Waals surface area contributed by atoms with Gasteiger partial charge in [-0.15, -0.1) is 0 Å². The molecule has 1 atom stereocenters. The van der Waals surface area contributed by atoms with Gasteiger partial charge < -0.3 is 0 Å². The van der Waals surface area contributed by atoms with Gasteiger partial charge >= 0.3 is 6.18 Å². The SMILES string of the molecule is CC1CC(=O)c2ncccc2N1S(=O)(=O)c1cccc(C(F)(F)F)c1. The lowest BCUT2D eigenvalue weighted by molar-refractivity contribution is -0.137. The third kappa shape index (κ3) is 2.99. The van der Waals surface area contributed by atoms with E-state index in [0.29, 0.717) is 6.07 Å². The van der Waals surface area contributed by atoms with Crippen molar-refractivity contribution >= 4 is 21.5 Å². The zero-order valence-corrected chi connectivity index (χ0v) is 13.8. The average molecular weight is 370 g/mol. The molecule has 0 saturated heterocycles. The van der Waals surface area contributed by atoms with E-state index in [4.69, 9.17) is 0 Å². The van der Waals surface area contributed by atoms with Crippen molar-refractivity contribution in [1.29, 1.82) is 0 Å². The van der Waals surface area contributed by atoms with Crippen molar-refractivity contribution in [2.24, 2.45) is 0 Å². The van der Waals surface area contributed by atoms with Crippen LogP contribution in [0.25, 0.3) is 0 Å². The topological polar surface area (TPSA) is 67.3 Å². The third-order valence-electron chi connectivity index (χ3n) is 3.89. The van der Waals surface area contributed by atoms with Crippen molar-refractivity contribution in [1.82, 2.24) is 4.98 Å². The molecular weight excluding hydrogens is 357 g/mol. The molecule has 0 bridgehead atoms. The van der Waals surface area contributed by atoms with Crippen molar-refractivity contribution in [3.05, 3.63) is 53.9 Å². The highest BCUT2D eigenvalue weighted by molar-refractivity contribution is 7.92. The Bertz CT molecular complexity index is 942. The van der Waals surface area contributed by atoms with Crippen LogP contribution < -0.4 is 4.31 Å². The fourth-order valence-corrected chi connectivity index (χ4v) is 4.50. The number of fused-ring (bicyclic) bond motifs is 1. The van der Waals surface area contributed by atoms with E-state index in [9.17, 15) is 26.4 Å². The number of nitrogens with zero attached hydrogens (tertiary/aromatic N) is 2. The van der Waals surface area contributed by atoms with Gasteiger partial charge in [0.1, 0.15) is 5.69 Å². The molecule has 5 nitrogen and oxygen atoms in total. The van der Waals surface area contributed by atoms with Crippen molar-refractivity contribution in [3.8, 4) is 0 Å². The zero-order valence-electron chi connectivity index (χ0n) is 13.0. The van der Waals surface area contributed by atoms with Crippen LogP contribution in [0.5, 0.6) is 0 Å². The number of sulfonamides is 1. The lowest BCUT2D eigenvalue weighted by Crippen LogP contribution is -2.44. The third-order valence-corrected chi connectivity index (χ3v) is 5.81. The molecule has 0 fully saturated rings. The van der Waals surface area contributed by atoms with Gasteiger partial charge in [0.15, 0.2) is 5.78 Å².